The normalized spacial score (nSPS) is 22.8. The van der Waals surface area contributed by atoms with E-state index in [-0.39, 0.29) is 51.6 Å². The summed E-state index contributed by atoms with van der Waals surface area (Å²) in [5.74, 6) is 2.63. The number of hydrogen-bond acceptors (Lipinski definition) is 7. The Morgan fingerprint density at radius 2 is 1.73 bits per heavy atom. The maximum atomic E-state index is 11.9. The molecule has 6 rings (SSSR count). The first-order chi connectivity index (χ1) is 21.2. The standard InChI is InChI=1S/C36H42N2O5S.Na.H/c1-23-24(2)33-30(25(3)32(23)42-20-27-9-6-5-7-10-27)16-17-36(4,43-33)22-38-18-8-11-28(38)21-41-29-14-12-26(13-15-29)19-31-34(39)37-35(40)44-31;;/h5-7,9-10,12-15,28,31H,8,11,16-22H2,1-4H3,(H,37,39,40);;/t28-,31?,36?;;/m0../s1. The maximum absolute atomic E-state index is 11.9. The summed E-state index contributed by atoms with van der Waals surface area (Å²) in [6.07, 6.45) is 4.71. The molecule has 2 unspecified atom stereocenters. The van der Waals surface area contributed by atoms with Crippen LogP contribution in [0.25, 0.3) is 0 Å². The van der Waals surface area contributed by atoms with Gasteiger partial charge in [-0.05, 0) is 106 Å². The fourth-order valence-electron chi connectivity index (χ4n) is 6.72. The average Bonchev–Trinajstić information content (AvgIpc) is 3.59. The van der Waals surface area contributed by atoms with Crippen molar-refractivity contribution >= 4 is 52.5 Å². The molecule has 3 aromatic carbocycles. The molecule has 0 radical (unpaired) electrons. The van der Waals surface area contributed by atoms with Gasteiger partial charge in [0.25, 0.3) is 5.24 Å². The fraction of sp³-hybridized carbons (Fsp3) is 0.444. The van der Waals surface area contributed by atoms with Crippen LogP contribution in [0.3, 0.4) is 0 Å². The van der Waals surface area contributed by atoms with Crippen molar-refractivity contribution in [3.05, 3.63) is 88.0 Å². The quantitative estimate of drug-likeness (QED) is 0.271. The van der Waals surface area contributed by atoms with Crippen molar-refractivity contribution in [2.75, 3.05) is 19.7 Å². The summed E-state index contributed by atoms with van der Waals surface area (Å²) < 4.78 is 19.5. The summed E-state index contributed by atoms with van der Waals surface area (Å²) in [5.41, 5.74) is 6.69. The molecule has 234 valence electrons. The second kappa shape index (κ2) is 14.5. The number of carbonyl (C=O) groups is 2. The summed E-state index contributed by atoms with van der Waals surface area (Å²) in [4.78, 5) is 25.9. The van der Waals surface area contributed by atoms with Gasteiger partial charge in [-0.1, -0.05) is 54.2 Å². The Labute approximate surface area is 293 Å². The Morgan fingerprint density at radius 3 is 2.44 bits per heavy atom. The summed E-state index contributed by atoms with van der Waals surface area (Å²) in [5, 5.41) is 1.73. The number of thioether (sulfide) groups is 1. The average molecular weight is 639 g/mol. The van der Waals surface area contributed by atoms with E-state index in [0.717, 1.165) is 78.9 Å². The molecular formula is C36H43N2NaO5S. The summed E-state index contributed by atoms with van der Waals surface area (Å²) >= 11 is 1.06. The van der Waals surface area contributed by atoms with E-state index in [9.17, 15) is 9.59 Å². The molecule has 2 fully saturated rings. The van der Waals surface area contributed by atoms with Crippen LogP contribution in [-0.4, -0.2) is 82.2 Å². The zero-order chi connectivity index (χ0) is 30.8. The SMILES string of the molecule is Cc1c(C)c2c(c(C)c1OCc1ccccc1)CCC(C)(CN1CCC[C@H]1COc1ccc(CC3SC(=O)NC3=O)cc1)O2.[NaH]. The van der Waals surface area contributed by atoms with Crippen LogP contribution in [0.5, 0.6) is 17.2 Å². The van der Waals surface area contributed by atoms with Crippen molar-refractivity contribution in [2.24, 2.45) is 0 Å². The van der Waals surface area contributed by atoms with E-state index in [1.807, 2.05) is 42.5 Å². The molecule has 9 heteroatoms. The van der Waals surface area contributed by atoms with Crippen LogP contribution in [0.4, 0.5) is 4.79 Å². The molecule has 0 aromatic heterocycles. The molecule has 3 atom stereocenters. The van der Waals surface area contributed by atoms with E-state index in [4.69, 9.17) is 14.2 Å². The number of benzene rings is 3. The van der Waals surface area contributed by atoms with Crippen LogP contribution >= 0.6 is 11.8 Å². The number of likely N-dealkylation sites (tertiary alicyclic amines) is 1. The second-order valence-corrected chi connectivity index (χ2v) is 13.8. The molecule has 0 bridgehead atoms. The number of amides is 2. The number of rotatable bonds is 10. The van der Waals surface area contributed by atoms with Crippen LogP contribution in [0.15, 0.2) is 54.6 Å². The molecular weight excluding hydrogens is 595 g/mol. The summed E-state index contributed by atoms with van der Waals surface area (Å²) in [6.45, 7) is 11.8. The minimum atomic E-state index is -0.358. The zero-order valence-electron chi connectivity index (χ0n) is 26.1. The van der Waals surface area contributed by atoms with E-state index < -0.39 is 0 Å². The first-order valence-corrected chi connectivity index (χ1v) is 16.5. The molecule has 0 aliphatic carbocycles. The molecule has 1 N–H and O–H groups in total. The summed E-state index contributed by atoms with van der Waals surface area (Å²) in [6, 6.07) is 18.5. The first kappa shape index (κ1) is 33.9. The number of imide groups is 1. The number of carbonyl (C=O) groups excluding carboxylic acids is 2. The third-order valence-electron chi connectivity index (χ3n) is 9.38. The van der Waals surface area contributed by atoms with E-state index in [0.29, 0.717) is 25.7 Å². The van der Waals surface area contributed by atoms with Gasteiger partial charge < -0.3 is 14.2 Å². The molecule has 2 amide bonds. The molecule has 0 spiro atoms. The summed E-state index contributed by atoms with van der Waals surface area (Å²) in [7, 11) is 0. The van der Waals surface area contributed by atoms with Gasteiger partial charge in [-0.25, -0.2) is 0 Å². The number of nitrogens with one attached hydrogen (secondary N) is 1. The van der Waals surface area contributed by atoms with Crippen LogP contribution in [0.2, 0.25) is 0 Å². The Bertz CT molecular complexity index is 1530. The predicted molar refractivity (Wildman–Crippen MR) is 181 cm³/mol. The van der Waals surface area contributed by atoms with Gasteiger partial charge in [0.1, 0.15) is 36.1 Å². The Morgan fingerprint density at radius 1 is 0.978 bits per heavy atom. The monoisotopic (exact) mass is 638 g/mol. The molecule has 3 heterocycles. The number of fused-ring (bicyclic) bond motifs is 1. The van der Waals surface area contributed by atoms with Crippen LogP contribution in [0.1, 0.15) is 59.6 Å². The molecule has 3 aliphatic rings. The topological polar surface area (TPSA) is 77.1 Å². The van der Waals surface area contributed by atoms with Gasteiger partial charge in [0.05, 0.1) is 5.25 Å². The molecule has 3 aromatic rings. The third-order valence-corrected chi connectivity index (χ3v) is 10.4. The Balaban J connectivity index is 0.00000400. The van der Waals surface area contributed by atoms with Crippen LogP contribution < -0.4 is 19.5 Å². The van der Waals surface area contributed by atoms with Crippen molar-refractivity contribution in [2.45, 2.75) is 83.3 Å². The number of nitrogens with zero attached hydrogens (tertiary/aromatic N) is 1. The van der Waals surface area contributed by atoms with Crippen molar-refractivity contribution in [1.82, 2.24) is 10.2 Å². The second-order valence-electron chi connectivity index (χ2n) is 12.6. The molecule has 2 saturated heterocycles. The van der Waals surface area contributed by atoms with Gasteiger partial charge in [0.15, 0.2) is 0 Å². The van der Waals surface area contributed by atoms with Crippen molar-refractivity contribution < 1.29 is 23.8 Å². The number of hydrogen-bond donors (Lipinski definition) is 1. The van der Waals surface area contributed by atoms with Gasteiger partial charge in [0, 0.05) is 18.2 Å². The molecule has 0 saturated carbocycles. The number of ether oxygens (including phenoxy) is 3. The van der Waals surface area contributed by atoms with Gasteiger partial charge in [-0.3, -0.25) is 19.8 Å². The van der Waals surface area contributed by atoms with Gasteiger partial charge >= 0.3 is 29.6 Å². The molecule has 7 nitrogen and oxygen atoms in total. The molecule has 45 heavy (non-hydrogen) atoms. The van der Waals surface area contributed by atoms with Gasteiger partial charge in [0.2, 0.25) is 5.91 Å². The van der Waals surface area contributed by atoms with Gasteiger partial charge in [-0.15, -0.1) is 0 Å². The van der Waals surface area contributed by atoms with E-state index in [2.05, 4.69) is 50.0 Å². The van der Waals surface area contributed by atoms with Crippen molar-refractivity contribution in [3.63, 3.8) is 0 Å². The van der Waals surface area contributed by atoms with Crippen LogP contribution in [-0.2, 0) is 24.2 Å². The fourth-order valence-corrected chi connectivity index (χ4v) is 7.58. The van der Waals surface area contributed by atoms with E-state index >= 15 is 0 Å². The van der Waals surface area contributed by atoms with Crippen LogP contribution in [0, 0.1) is 20.8 Å². The van der Waals surface area contributed by atoms with E-state index in [1.165, 1.54) is 22.3 Å². The predicted octanol–water partition coefficient (Wildman–Crippen LogP) is 6.06. The third kappa shape index (κ3) is 7.74. The first-order valence-electron chi connectivity index (χ1n) is 15.6. The van der Waals surface area contributed by atoms with E-state index in [1.54, 1.807) is 0 Å². The van der Waals surface area contributed by atoms with Gasteiger partial charge in [-0.2, -0.15) is 0 Å². The van der Waals surface area contributed by atoms with Crippen molar-refractivity contribution in [3.8, 4) is 17.2 Å². The van der Waals surface area contributed by atoms with Crippen molar-refractivity contribution in [1.29, 1.82) is 0 Å². The Kier molecular flexibility index (Phi) is 10.9. The minimum absolute atomic E-state index is 0. The Hall–Kier alpha value is -2.49. The zero-order valence-corrected chi connectivity index (χ0v) is 26.9. The molecule has 3 aliphatic heterocycles.